The van der Waals surface area contributed by atoms with Gasteiger partial charge in [-0.2, -0.15) is 0 Å². The summed E-state index contributed by atoms with van der Waals surface area (Å²) in [5.74, 6) is 1.46. The summed E-state index contributed by atoms with van der Waals surface area (Å²) in [5.41, 5.74) is 2.26. The molecule has 0 spiro atoms. The number of carbonyl (C=O) groups is 1. The van der Waals surface area contributed by atoms with Gasteiger partial charge in [-0.25, -0.2) is 0 Å². The molecule has 2 aromatic rings. The summed E-state index contributed by atoms with van der Waals surface area (Å²) in [4.78, 5) is 19.0. The first-order valence-electron chi connectivity index (χ1n) is 8.20. The number of rotatable bonds is 4. The van der Waals surface area contributed by atoms with Crippen LogP contribution in [0.2, 0.25) is 0 Å². The van der Waals surface area contributed by atoms with Crippen molar-refractivity contribution in [1.82, 2.24) is 9.88 Å². The minimum Gasteiger partial charge on any atom is -0.497 e. The zero-order valence-electron chi connectivity index (χ0n) is 14.1. The van der Waals surface area contributed by atoms with Crippen molar-refractivity contribution in [1.29, 1.82) is 0 Å². The summed E-state index contributed by atoms with van der Waals surface area (Å²) in [6.45, 7) is 1.67. The number of carbonyl (C=O) groups excluding carboxylic acids is 1. The highest BCUT2D eigenvalue weighted by molar-refractivity contribution is 5.95. The van der Waals surface area contributed by atoms with Crippen molar-refractivity contribution < 1.29 is 14.3 Å². The van der Waals surface area contributed by atoms with Crippen LogP contribution in [-0.4, -0.2) is 43.1 Å². The van der Waals surface area contributed by atoms with E-state index in [1.165, 1.54) is 6.42 Å². The quantitative estimate of drug-likeness (QED) is 0.864. The Labute approximate surface area is 142 Å². The highest BCUT2D eigenvalue weighted by Crippen LogP contribution is 2.29. The zero-order chi connectivity index (χ0) is 16.9. The van der Waals surface area contributed by atoms with Crippen LogP contribution in [0.25, 0.3) is 11.3 Å². The molecule has 24 heavy (non-hydrogen) atoms. The summed E-state index contributed by atoms with van der Waals surface area (Å²) < 4.78 is 10.6. The topological polar surface area (TPSA) is 51.7 Å². The summed E-state index contributed by atoms with van der Waals surface area (Å²) >= 11 is 0. The van der Waals surface area contributed by atoms with Crippen molar-refractivity contribution in [2.75, 3.05) is 27.3 Å². The third kappa shape index (κ3) is 3.50. The van der Waals surface area contributed by atoms with Gasteiger partial charge in [-0.15, -0.1) is 0 Å². The first kappa shape index (κ1) is 16.3. The SMILES string of the molecule is COc1cc(OC)cc(-c2cc(C(=O)N3CCCCC3)ccn2)c1. The number of piperidine rings is 1. The molecule has 0 radical (unpaired) electrons. The van der Waals surface area contributed by atoms with Crippen LogP contribution in [-0.2, 0) is 0 Å². The molecule has 0 bridgehead atoms. The molecule has 5 heteroatoms. The number of aromatic nitrogens is 1. The molecule has 1 fully saturated rings. The van der Waals surface area contributed by atoms with E-state index in [2.05, 4.69) is 4.98 Å². The predicted octanol–water partition coefficient (Wildman–Crippen LogP) is 3.39. The normalized spacial score (nSPS) is 14.3. The average Bonchev–Trinajstić information content (AvgIpc) is 2.67. The molecular weight excluding hydrogens is 304 g/mol. The Morgan fingerprint density at radius 1 is 1.00 bits per heavy atom. The van der Waals surface area contributed by atoms with Crippen LogP contribution in [0.3, 0.4) is 0 Å². The van der Waals surface area contributed by atoms with Gasteiger partial charge in [-0.05, 0) is 43.5 Å². The van der Waals surface area contributed by atoms with Crippen molar-refractivity contribution in [3.05, 3.63) is 42.1 Å². The fraction of sp³-hybridized carbons (Fsp3) is 0.368. The molecule has 5 nitrogen and oxygen atoms in total. The molecule has 1 aromatic carbocycles. The van der Waals surface area contributed by atoms with Crippen molar-refractivity contribution in [3.8, 4) is 22.8 Å². The van der Waals surface area contributed by atoms with Gasteiger partial charge in [-0.3, -0.25) is 9.78 Å². The summed E-state index contributed by atoms with van der Waals surface area (Å²) in [5, 5.41) is 0. The van der Waals surface area contributed by atoms with Crippen LogP contribution >= 0.6 is 0 Å². The van der Waals surface area contributed by atoms with Gasteiger partial charge in [0.05, 0.1) is 19.9 Å². The maximum atomic E-state index is 12.7. The second-order valence-electron chi connectivity index (χ2n) is 5.88. The molecule has 2 heterocycles. The van der Waals surface area contributed by atoms with Gasteiger partial charge in [0, 0.05) is 36.5 Å². The van der Waals surface area contributed by atoms with Crippen molar-refractivity contribution >= 4 is 5.91 Å². The Kier molecular flexibility index (Phi) is 4.99. The van der Waals surface area contributed by atoms with Gasteiger partial charge in [0.25, 0.3) is 5.91 Å². The molecule has 1 saturated heterocycles. The molecule has 1 aliphatic rings. The highest BCUT2D eigenvalue weighted by atomic mass is 16.5. The molecule has 0 saturated carbocycles. The van der Waals surface area contributed by atoms with Crippen molar-refractivity contribution in [2.24, 2.45) is 0 Å². The number of nitrogens with zero attached hydrogens (tertiary/aromatic N) is 2. The lowest BCUT2D eigenvalue weighted by Crippen LogP contribution is -2.35. The van der Waals surface area contributed by atoms with E-state index in [0.717, 1.165) is 37.2 Å². The number of hydrogen-bond donors (Lipinski definition) is 0. The van der Waals surface area contributed by atoms with Crippen molar-refractivity contribution in [2.45, 2.75) is 19.3 Å². The van der Waals surface area contributed by atoms with Crippen LogP contribution in [0.4, 0.5) is 0 Å². The summed E-state index contributed by atoms with van der Waals surface area (Å²) in [6, 6.07) is 9.20. The van der Waals surface area contributed by atoms with E-state index in [-0.39, 0.29) is 5.91 Å². The standard InChI is InChI=1S/C19H22N2O3/c1-23-16-10-15(11-17(13-16)24-2)18-12-14(6-7-20-18)19(22)21-8-4-3-5-9-21/h6-7,10-13H,3-5,8-9H2,1-2H3. The summed E-state index contributed by atoms with van der Waals surface area (Å²) in [7, 11) is 3.23. The van der Waals surface area contributed by atoms with Crippen LogP contribution in [0.1, 0.15) is 29.6 Å². The number of hydrogen-bond acceptors (Lipinski definition) is 4. The van der Waals surface area contributed by atoms with Crippen molar-refractivity contribution in [3.63, 3.8) is 0 Å². The Morgan fingerprint density at radius 3 is 2.29 bits per heavy atom. The average molecular weight is 326 g/mol. The molecule has 3 rings (SSSR count). The molecule has 1 aliphatic heterocycles. The first-order valence-corrected chi connectivity index (χ1v) is 8.20. The fourth-order valence-corrected chi connectivity index (χ4v) is 2.96. The van der Waals surface area contributed by atoms with E-state index in [0.29, 0.717) is 17.1 Å². The van der Waals surface area contributed by atoms with Crippen LogP contribution in [0.5, 0.6) is 11.5 Å². The zero-order valence-corrected chi connectivity index (χ0v) is 14.1. The largest absolute Gasteiger partial charge is 0.497 e. The van der Waals surface area contributed by atoms with E-state index in [1.807, 2.05) is 29.2 Å². The number of benzene rings is 1. The van der Waals surface area contributed by atoms with Gasteiger partial charge < -0.3 is 14.4 Å². The Balaban J connectivity index is 1.91. The van der Waals surface area contributed by atoms with E-state index in [4.69, 9.17) is 9.47 Å². The van der Waals surface area contributed by atoms with Gasteiger partial charge >= 0.3 is 0 Å². The second-order valence-corrected chi connectivity index (χ2v) is 5.88. The lowest BCUT2D eigenvalue weighted by Gasteiger charge is -2.26. The third-order valence-corrected chi connectivity index (χ3v) is 4.30. The van der Waals surface area contributed by atoms with Gasteiger partial charge in [0.1, 0.15) is 11.5 Å². The molecule has 1 amide bonds. The van der Waals surface area contributed by atoms with Gasteiger partial charge in [0.15, 0.2) is 0 Å². The molecule has 0 aliphatic carbocycles. The highest BCUT2D eigenvalue weighted by Gasteiger charge is 2.19. The number of likely N-dealkylation sites (tertiary alicyclic amines) is 1. The second kappa shape index (κ2) is 7.34. The smallest absolute Gasteiger partial charge is 0.253 e. The molecule has 126 valence electrons. The van der Waals surface area contributed by atoms with Crippen LogP contribution in [0.15, 0.2) is 36.5 Å². The lowest BCUT2D eigenvalue weighted by molar-refractivity contribution is 0.0724. The Bertz CT molecular complexity index is 702. The predicted molar refractivity (Wildman–Crippen MR) is 92.5 cm³/mol. The van der Waals surface area contributed by atoms with Gasteiger partial charge in [-0.1, -0.05) is 0 Å². The van der Waals surface area contributed by atoms with Crippen LogP contribution < -0.4 is 9.47 Å². The fourth-order valence-electron chi connectivity index (χ4n) is 2.96. The molecule has 0 atom stereocenters. The lowest BCUT2D eigenvalue weighted by atomic mass is 10.1. The number of pyridine rings is 1. The van der Waals surface area contributed by atoms with Crippen LogP contribution in [0, 0.1) is 0 Å². The maximum absolute atomic E-state index is 12.7. The van der Waals surface area contributed by atoms with E-state index in [1.54, 1.807) is 26.5 Å². The van der Waals surface area contributed by atoms with E-state index >= 15 is 0 Å². The molecule has 0 unspecified atom stereocenters. The minimum atomic E-state index is 0.0770. The summed E-state index contributed by atoms with van der Waals surface area (Å²) in [6.07, 6.45) is 5.04. The van der Waals surface area contributed by atoms with E-state index < -0.39 is 0 Å². The number of methoxy groups -OCH3 is 2. The monoisotopic (exact) mass is 326 g/mol. The molecular formula is C19H22N2O3. The van der Waals surface area contributed by atoms with E-state index in [9.17, 15) is 4.79 Å². The first-order chi connectivity index (χ1) is 11.7. The Hall–Kier alpha value is -2.56. The maximum Gasteiger partial charge on any atom is 0.253 e. The van der Waals surface area contributed by atoms with Gasteiger partial charge in [0.2, 0.25) is 0 Å². The Morgan fingerprint density at radius 2 is 1.67 bits per heavy atom. The minimum absolute atomic E-state index is 0.0770. The number of amides is 1. The number of ether oxygens (including phenoxy) is 2. The molecule has 1 aromatic heterocycles. The molecule has 0 N–H and O–H groups in total. The third-order valence-electron chi connectivity index (χ3n) is 4.30.